The van der Waals surface area contributed by atoms with Crippen molar-refractivity contribution < 1.29 is 4.79 Å². The summed E-state index contributed by atoms with van der Waals surface area (Å²) in [7, 11) is -1.53. The summed E-state index contributed by atoms with van der Waals surface area (Å²) in [6.45, 7) is 9.15. The number of carbonyl (C=O) groups excluding carboxylic acids is 1. The van der Waals surface area contributed by atoms with Gasteiger partial charge < -0.3 is 10.6 Å². The topological polar surface area (TPSA) is 41.1 Å². The fraction of sp³-hybridized carbons (Fsp3) is 0.417. The molecule has 2 N–H and O–H groups in total. The maximum Gasteiger partial charge on any atom is 0.319 e. The molecule has 0 fully saturated rings. The summed E-state index contributed by atoms with van der Waals surface area (Å²) in [4.78, 5) is 11.6. The first-order chi connectivity index (χ1) is 7.86. The normalized spacial score (nSPS) is 11.1. The van der Waals surface area contributed by atoms with E-state index in [1.54, 1.807) is 6.07 Å². The van der Waals surface area contributed by atoms with Crippen LogP contribution in [0.4, 0.5) is 10.5 Å². The number of carbonyl (C=O) groups is 1. The van der Waals surface area contributed by atoms with Crippen molar-refractivity contribution in [3.05, 3.63) is 23.2 Å². The smallest absolute Gasteiger partial charge is 0.319 e. The van der Waals surface area contributed by atoms with E-state index >= 15 is 0 Å². The molecule has 0 aromatic heterocycles. The second-order valence-corrected chi connectivity index (χ2v) is 10.3. The van der Waals surface area contributed by atoms with Gasteiger partial charge in [-0.25, -0.2) is 4.79 Å². The van der Waals surface area contributed by atoms with Gasteiger partial charge in [0.05, 0.1) is 18.8 Å². The Balaban J connectivity index is 3.09. The molecule has 0 aliphatic rings. The van der Waals surface area contributed by atoms with Gasteiger partial charge in [0, 0.05) is 6.54 Å². The zero-order chi connectivity index (χ0) is 13.1. The van der Waals surface area contributed by atoms with Gasteiger partial charge in [-0.3, -0.25) is 0 Å². The average molecular weight is 271 g/mol. The van der Waals surface area contributed by atoms with E-state index in [2.05, 4.69) is 30.3 Å². The predicted molar refractivity (Wildman–Crippen MR) is 77.1 cm³/mol. The molecule has 3 nitrogen and oxygen atoms in total. The second kappa shape index (κ2) is 5.56. The number of hydrogen-bond acceptors (Lipinski definition) is 1. The number of para-hydroxylation sites is 1. The Morgan fingerprint density at radius 3 is 2.53 bits per heavy atom. The van der Waals surface area contributed by atoms with E-state index in [0.29, 0.717) is 11.6 Å². The van der Waals surface area contributed by atoms with E-state index in [9.17, 15) is 4.79 Å². The van der Waals surface area contributed by atoms with Crippen molar-refractivity contribution in [2.45, 2.75) is 26.6 Å². The number of anilines is 1. The third-order valence-corrected chi connectivity index (χ3v) is 4.75. The molecule has 0 bridgehead atoms. The monoisotopic (exact) mass is 270 g/mol. The molecule has 1 aromatic rings. The van der Waals surface area contributed by atoms with E-state index in [1.165, 1.54) is 0 Å². The third kappa shape index (κ3) is 3.75. The number of nitrogens with one attached hydrogen (secondary N) is 2. The van der Waals surface area contributed by atoms with Crippen LogP contribution < -0.4 is 15.8 Å². The molecule has 0 saturated heterocycles. The Labute approximate surface area is 109 Å². The maximum atomic E-state index is 11.6. The van der Waals surface area contributed by atoms with E-state index in [4.69, 9.17) is 11.6 Å². The van der Waals surface area contributed by atoms with Crippen molar-refractivity contribution in [1.82, 2.24) is 5.32 Å². The zero-order valence-corrected chi connectivity index (χ0v) is 12.5. The molecular weight excluding hydrogens is 252 g/mol. The standard InChI is InChI=1S/C12H19ClN2OSi/c1-5-14-12(16)15-11-9(13)7-6-8-10(11)17(2,3)4/h6-8H,5H2,1-4H3,(H2,14,15,16). The van der Waals surface area contributed by atoms with Gasteiger partial charge in [-0.2, -0.15) is 0 Å². The quantitative estimate of drug-likeness (QED) is 0.815. The molecule has 0 unspecified atom stereocenters. The molecule has 94 valence electrons. The summed E-state index contributed by atoms with van der Waals surface area (Å²) in [5.74, 6) is 0. The molecule has 1 rings (SSSR count). The molecule has 2 amide bonds. The number of rotatable bonds is 3. The number of halogens is 1. The lowest BCUT2D eigenvalue weighted by atomic mass is 10.3. The van der Waals surface area contributed by atoms with Crippen LogP contribution in [0.5, 0.6) is 0 Å². The SMILES string of the molecule is CCNC(=O)Nc1c(Cl)cccc1[Si](C)(C)C. The summed E-state index contributed by atoms with van der Waals surface area (Å²) in [6.07, 6.45) is 0. The number of amides is 2. The molecule has 0 heterocycles. The number of urea groups is 1. The molecule has 0 saturated carbocycles. The van der Waals surface area contributed by atoms with Crippen molar-refractivity contribution in [3.63, 3.8) is 0 Å². The Morgan fingerprint density at radius 2 is 2.00 bits per heavy atom. The molecule has 0 spiro atoms. The Kier molecular flexibility index (Phi) is 4.59. The van der Waals surface area contributed by atoms with E-state index in [0.717, 1.165) is 10.9 Å². The van der Waals surface area contributed by atoms with Gasteiger partial charge in [0.15, 0.2) is 0 Å². The van der Waals surface area contributed by atoms with Crippen LogP contribution in [0.25, 0.3) is 0 Å². The van der Waals surface area contributed by atoms with Gasteiger partial charge in [-0.05, 0) is 18.2 Å². The van der Waals surface area contributed by atoms with E-state index in [-0.39, 0.29) is 6.03 Å². The second-order valence-electron chi connectivity index (χ2n) is 4.90. The van der Waals surface area contributed by atoms with Crippen LogP contribution in [-0.2, 0) is 0 Å². The van der Waals surface area contributed by atoms with Gasteiger partial charge in [0.2, 0.25) is 0 Å². The molecule has 1 aromatic carbocycles. The lowest BCUT2D eigenvalue weighted by Gasteiger charge is -2.22. The van der Waals surface area contributed by atoms with Gasteiger partial charge >= 0.3 is 6.03 Å². The van der Waals surface area contributed by atoms with E-state index in [1.807, 2.05) is 19.1 Å². The molecule has 0 atom stereocenters. The lowest BCUT2D eigenvalue weighted by Crippen LogP contribution is -2.41. The number of hydrogen-bond donors (Lipinski definition) is 2. The van der Waals surface area contributed by atoms with Gasteiger partial charge in [0.1, 0.15) is 0 Å². The van der Waals surface area contributed by atoms with Gasteiger partial charge in [0.25, 0.3) is 0 Å². The maximum absolute atomic E-state index is 11.6. The highest BCUT2D eigenvalue weighted by atomic mass is 35.5. The van der Waals surface area contributed by atoms with Gasteiger partial charge in [-0.1, -0.05) is 43.4 Å². The predicted octanol–water partition coefficient (Wildman–Crippen LogP) is 3.03. The minimum absolute atomic E-state index is 0.208. The van der Waals surface area contributed by atoms with Crippen LogP contribution >= 0.6 is 11.6 Å². The summed E-state index contributed by atoms with van der Waals surface area (Å²) < 4.78 is 0. The first-order valence-electron chi connectivity index (χ1n) is 5.70. The average Bonchev–Trinajstić information content (AvgIpc) is 2.19. The minimum atomic E-state index is -1.53. The van der Waals surface area contributed by atoms with Crippen LogP contribution in [0.3, 0.4) is 0 Å². The Bertz CT molecular complexity index is 415. The summed E-state index contributed by atoms with van der Waals surface area (Å²) >= 11 is 6.16. The lowest BCUT2D eigenvalue weighted by molar-refractivity contribution is 0.252. The van der Waals surface area contributed by atoms with Crippen molar-refractivity contribution in [3.8, 4) is 0 Å². The molecule has 17 heavy (non-hydrogen) atoms. The highest BCUT2D eigenvalue weighted by Gasteiger charge is 2.22. The number of benzene rings is 1. The van der Waals surface area contributed by atoms with Crippen molar-refractivity contribution in [2.75, 3.05) is 11.9 Å². The van der Waals surface area contributed by atoms with Crippen molar-refractivity contribution in [1.29, 1.82) is 0 Å². The zero-order valence-electron chi connectivity index (χ0n) is 10.7. The minimum Gasteiger partial charge on any atom is -0.338 e. The summed E-state index contributed by atoms with van der Waals surface area (Å²) in [5, 5.41) is 7.30. The Hall–Kier alpha value is -1.00. The van der Waals surface area contributed by atoms with Crippen molar-refractivity contribution >= 4 is 36.6 Å². The summed E-state index contributed by atoms with van der Waals surface area (Å²) in [5.41, 5.74) is 0.749. The molecule has 0 radical (unpaired) electrons. The van der Waals surface area contributed by atoms with Crippen LogP contribution in [0.2, 0.25) is 24.7 Å². The first kappa shape index (κ1) is 14.1. The van der Waals surface area contributed by atoms with Crippen LogP contribution in [-0.4, -0.2) is 20.6 Å². The molecule has 0 aliphatic carbocycles. The third-order valence-electron chi connectivity index (χ3n) is 2.40. The van der Waals surface area contributed by atoms with Crippen molar-refractivity contribution in [2.24, 2.45) is 0 Å². The molecule has 0 aliphatic heterocycles. The highest BCUT2D eigenvalue weighted by molar-refractivity contribution is 6.90. The van der Waals surface area contributed by atoms with Gasteiger partial charge in [-0.15, -0.1) is 0 Å². The fourth-order valence-corrected chi connectivity index (χ4v) is 3.44. The highest BCUT2D eigenvalue weighted by Crippen LogP contribution is 2.22. The largest absolute Gasteiger partial charge is 0.338 e. The van der Waals surface area contributed by atoms with Crippen LogP contribution in [0.15, 0.2) is 18.2 Å². The Morgan fingerprint density at radius 1 is 1.35 bits per heavy atom. The van der Waals surface area contributed by atoms with Crippen LogP contribution in [0.1, 0.15) is 6.92 Å². The fourth-order valence-electron chi connectivity index (χ4n) is 1.59. The molecule has 5 heteroatoms. The van der Waals surface area contributed by atoms with Crippen LogP contribution in [0, 0.1) is 0 Å². The molecular formula is C12H19ClN2OSi. The summed E-state index contributed by atoms with van der Waals surface area (Å²) in [6, 6.07) is 5.56. The first-order valence-corrected chi connectivity index (χ1v) is 9.58. The van der Waals surface area contributed by atoms with E-state index < -0.39 is 8.07 Å².